The summed E-state index contributed by atoms with van der Waals surface area (Å²) in [6.07, 6.45) is 2.03. The van der Waals surface area contributed by atoms with Gasteiger partial charge in [0.05, 0.1) is 0 Å². The van der Waals surface area contributed by atoms with E-state index < -0.39 is 11.6 Å². The molecule has 0 amide bonds. The maximum absolute atomic E-state index is 13.7. The predicted molar refractivity (Wildman–Crippen MR) is 107 cm³/mol. The van der Waals surface area contributed by atoms with Crippen LogP contribution in [0.15, 0.2) is 47.5 Å². The zero-order valence-corrected chi connectivity index (χ0v) is 16.7. The van der Waals surface area contributed by atoms with Crippen molar-refractivity contribution in [2.24, 2.45) is 4.99 Å². The number of guanidine groups is 1. The molecule has 3 rings (SSSR count). The fraction of sp³-hybridized carbons (Fsp3) is 0.316. The molecule has 0 unspecified atom stereocenters. The second kappa shape index (κ2) is 8.75. The van der Waals surface area contributed by atoms with E-state index in [-0.39, 0.29) is 47.3 Å². The third-order valence-electron chi connectivity index (χ3n) is 4.58. The quantitative estimate of drug-likeness (QED) is 0.388. The van der Waals surface area contributed by atoms with E-state index in [0.29, 0.717) is 12.5 Å². The first-order valence-electron chi connectivity index (χ1n) is 8.17. The lowest BCUT2D eigenvalue weighted by molar-refractivity contribution is 0.579. The molecule has 0 spiro atoms. The summed E-state index contributed by atoms with van der Waals surface area (Å²) >= 11 is 0. The fourth-order valence-corrected chi connectivity index (χ4v) is 2.85. The number of halogens is 4. The van der Waals surface area contributed by atoms with Crippen molar-refractivity contribution in [1.82, 2.24) is 10.6 Å². The minimum atomic E-state index is -0.477. The second-order valence-electron chi connectivity index (χ2n) is 6.30. The Morgan fingerprint density at radius 1 is 1.00 bits per heavy atom. The second-order valence-corrected chi connectivity index (χ2v) is 6.30. The van der Waals surface area contributed by atoms with Gasteiger partial charge in [0, 0.05) is 31.1 Å². The molecule has 0 heterocycles. The fourth-order valence-electron chi connectivity index (χ4n) is 2.85. The topological polar surface area (TPSA) is 36.4 Å². The minimum absolute atomic E-state index is 0. The Kier molecular flexibility index (Phi) is 6.91. The lowest BCUT2D eigenvalue weighted by atomic mass is 9.96. The van der Waals surface area contributed by atoms with Gasteiger partial charge >= 0.3 is 0 Å². The number of hydrogen-bond donors (Lipinski definition) is 2. The Morgan fingerprint density at radius 2 is 1.65 bits per heavy atom. The zero-order valence-electron chi connectivity index (χ0n) is 14.4. The molecule has 140 valence electrons. The number of nitrogens with one attached hydrogen (secondary N) is 2. The van der Waals surface area contributed by atoms with Gasteiger partial charge in [-0.2, -0.15) is 0 Å². The highest BCUT2D eigenvalue weighted by molar-refractivity contribution is 14.0. The number of nitrogens with zero attached hydrogens (tertiary/aromatic N) is 1. The van der Waals surface area contributed by atoms with E-state index in [1.165, 1.54) is 12.1 Å². The van der Waals surface area contributed by atoms with Gasteiger partial charge < -0.3 is 10.6 Å². The van der Waals surface area contributed by atoms with Crippen molar-refractivity contribution < 1.29 is 13.2 Å². The maximum atomic E-state index is 13.7. The predicted octanol–water partition coefficient (Wildman–Crippen LogP) is 4.12. The highest BCUT2D eigenvalue weighted by Gasteiger charge is 2.44. The van der Waals surface area contributed by atoms with Crippen LogP contribution in [0.2, 0.25) is 0 Å². The maximum Gasteiger partial charge on any atom is 0.191 e. The van der Waals surface area contributed by atoms with Gasteiger partial charge in [-0.25, -0.2) is 13.2 Å². The molecule has 2 aromatic carbocycles. The lowest BCUT2D eigenvalue weighted by Gasteiger charge is -2.19. The summed E-state index contributed by atoms with van der Waals surface area (Å²) < 4.78 is 40.0. The van der Waals surface area contributed by atoms with E-state index in [1.54, 1.807) is 7.05 Å². The zero-order chi connectivity index (χ0) is 17.9. The summed E-state index contributed by atoms with van der Waals surface area (Å²) in [4.78, 5) is 4.11. The standard InChI is InChI=1S/C19H20F3N3.HI/c1-23-18(24-11-13-10-16(21)6-7-17(13)22)25-12-19(8-9-19)14-2-4-15(20)5-3-14;/h2-7,10H,8-9,11-12H2,1H3,(H2,23,24,25);1H. The molecule has 1 fully saturated rings. The average Bonchev–Trinajstić information content (AvgIpc) is 3.39. The van der Waals surface area contributed by atoms with Crippen LogP contribution in [0.25, 0.3) is 0 Å². The summed E-state index contributed by atoms with van der Waals surface area (Å²) in [5.41, 5.74) is 1.31. The Bertz CT molecular complexity index is 774. The van der Waals surface area contributed by atoms with Crippen molar-refractivity contribution in [3.8, 4) is 0 Å². The Morgan fingerprint density at radius 3 is 2.27 bits per heavy atom. The van der Waals surface area contributed by atoms with Gasteiger partial charge in [-0.3, -0.25) is 4.99 Å². The summed E-state index contributed by atoms with van der Waals surface area (Å²) in [7, 11) is 1.62. The van der Waals surface area contributed by atoms with Crippen LogP contribution in [0.5, 0.6) is 0 Å². The van der Waals surface area contributed by atoms with Crippen LogP contribution < -0.4 is 10.6 Å². The van der Waals surface area contributed by atoms with Crippen molar-refractivity contribution in [1.29, 1.82) is 0 Å². The van der Waals surface area contributed by atoms with Crippen LogP contribution in [0, 0.1) is 17.5 Å². The van der Waals surface area contributed by atoms with Crippen molar-refractivity contribution >= 4 is 29.9 Å². The minimum Gasteiger partial charge on any atom is -0.356 e. The molecule has 0 radical (unpaired) electrons. The van der Waals surface area contributed by atoms with Crippen LogP contribution in [0.3, 0.4) is 0 Å². The van der Waals surface area contributed by atoms with Gasteiger partial charge in [-0.15, -0.1) is 24.0 Å². The molecule has 0 aliphatic heterocycles. The van der Waals surface area contributed by atoms with E-state index in [4.69, 9.17) is 0 Å². The molecule has 2 aromatic rings. The molecule has 1 aliphatic rings. The Hall–Kier alpha value is -1.77. The van der Waals surface area contributed by atoms with Crippen LogP contribution in [0.1, 0.15) is 24.0 Å². The summed E-state index contributed by atoms with van der Waals surface area (Å²) in [6.45, 7) is 0.775. The smallest absolute Gasteiger partial charge is 0.191 e. The van der Waals surface area contributed by atoms with Crippen LogP contribution in [-0.4, -0.2) is 19.6 Å². The van der Waals surface area contributed by atoms with Gasteiger partial charge in [-0.1, -0.05) is 12.1 Å². The third kappa shape index (κ3) is 4.90. The SMILES string of the molecule is CN=C(NCc1cc(F)ccc1F)NCC1(c2ccc(F)cc2)CC1.I. The number of aliphatic imine (C=N–C) groups is 1. The average molecular weight is 475 g/mol. The molecule has 3 nitrogen and oxygen atoms in total. The number of hydrogen-bond acceptors (Lipinski definition) is 1. The lowest BCUT2D eigenvalue weighted by Crippen LogP contribution is -2.41. The molecular weight excluding hydrogens is 454 g/mol. The van der Waals surface area contributed by atoms with Crippen molar-refractivity contribution in [3.05, 3.63) is 71.0 Å². The molecule has 0 atom stereocenters. The van der Waals surface area contributed by atoms with E-state index >= 15 is 0 Å². The summed E-state index contributed by atoms with van der Waals surface area (Å²) in [5, 5.41) is 6.21. The van der Waals surface area contributed by atoms with E-state index in [9.17, 15) is 13.2 Å². The highest BCUT2D eigenvalue weighted by atomic mass is 127. The largest absolute Gasteiger partial charge is 0.356 e. The van der Waals surface area contributed by atoms with Gasteiger partial charge in [0.15, 0.2) is 5.96 Å². The highest BCUT2D eigenvalue weighted by Crippen LogP contribution is 2.47. The van der Waals surface area contributed by atoms with Crippen molar-refractivity contribution in [2.45, 2.75) is 24.8 Å². The van der Waals surface area contributed by atoms with Gasteiger partial charge in [0.2, 0.25) is 0 Å². The molecule has 0 saturated heterocycles. The Balaban J connectivity index is 0.00000243. The number of benzene rings is 2. The van der Waals surface area contributed by atoms with Crippen molar-refractivity contribution in [3.63, 3.8) is 0 Å². The molecule has 0 aromatic heterocycles. The van der Waals surface area contributed by atoms with Gasteiger partial charge in [0.25, 0.3) is 0 Å². The van der Waals surface area contributed by atoms with Crippen molar-refractivity contribution in [2.75, 3.05) is 13.6 Å². The van der Waals surface area contributed by atoms with Crippen LogP contribution >= 0.6 is 24.0 Å². The molecule has 2 N–H and O–H groups in total. The first-order valence-corrected chi connectivity index (χ1v) is 8.17. The third-order valence-corrected chi connectivity index (χ3v) is 4.58. The number of rotatable bonds is 5. The molecular formula is C19H21F3IN3. The molecule has 1 aliphatic carbocycles. The molecule has 7 heteroatoms. The first kappa shape index (κ1) is 20.5. The van der Waals surface area contributed by atoms with E-state index in [2.05, 4.69) is 15.6 Å². The van der Waals surface area contributed by atoms with E-state index in [0.717, 1.165) is 36.6 Å². The first-order chi connectivity index (χ1) is 12.0. The molecule has 26 heavy (non-hydrogen) atoms. The monoisotopic (exact) mass is 475 g/mol. The van der Waals surface area contributed by atoms with Crippen LogP contribution in [-0.2, 0) is 12.0 Å². The van der Waals surface area contributed by atoms with Gasteiger partial charge in [0.1, 0.15) is 17.5 Å². The van der Waals surface area contributed by atoms with Crippen LogP contribution in [0.4, 0.5) is 13.2 Å². The Labute approximate surface area is 168 Å². The molecule has 0 bridgehead atoms. The van der Waals surface area contributed by atoms with Gasteiger partial charge in [-0.05, 0) is 48.7 Å². The molecule has 1 saturated carbocycles. The summed E-state index contributed by atoms with van der Waals surface area (Å²) in [5.74, 6) is -0.678. The summed E-state index contributed by atoms with van der Waals surface area (Å²) in [6, 6.07) is 9.91. The normalized spacial score (nSPS) is 15.2. The van der Waals surface area contributed by atoms with E-state index in [1.807, 2.05) is 12.1 Å².